The molecule has 0 aromatic heterocycles. The van der Waals surface area contributed by atoms with Crippen molar-refractivity contribution in [3.63, 3.8) is 0 Å². The van der Waals surface area contributed by atoms with Crippen LogP contribution >= 0.6 is 0 Å². The highest BCUT2D eigenvalue weighted by molar-refractivity contribution is 5.91. The highest BCUT2D eigenvalue weighted by Crippen LogP contribution is 2.30. The first kappa shape index (κ1) is 16.9. The number of hydrogen-bond donors (Lipinski definition) is 2. The number of amides is 2. The van der Waals surface area contributed by atoms with Crippen LogP contribution in [0.4, 0.5) is 0 Å². The summed E-state index contributed by atoms with van der Waals surface area (Å²) in [6.45, 7) is 0.0854. The largest absolute Gasteiger partial charge is 0.485 e. The molecule has 0 fully saturated rings. The summed E-state index contributed by atoms with van der Waals surface area (Å²) in [5.74, 6) is 0.333. The lowest BCUT2D eigenvalue weighted by Crippen LogP contribution is -2.51. The maximum absolute atomic E-state index is 12.2. The number of rotatable bonds is 3. The summed E-state index contributed by atoms with van der Waals surface area (Å²) in [5.41, 5.74) is 5.75. The van der Waals surface area contributed by atoms with Crippen LogP contribution in [0.15, 0.2) is 66.7 Å². The molecule has 1 atom stereocenters. The lowest BCUT2D eigenvalue weighted by molar-refractivity contribution is -0.134. The van der Waals surface area contributed by atoms with Crippen molar-refractivity contribution in [1.29, 1.82) is 0 Å². The molecule has 0 aliphatic carbocycles. The predicted molar refractivity (Wildman–Crippen MR) is 100 cm³/mol. The fourth-order valence-electron chi connectivity index (χ4n) is 3.02. The van der Waals surface area contributed by atoms with E-state index in [-0.39, 0.29) is 18.9 Å². The summed E-state index contributed by atoms with van der Waals surface area (Å²) >= 11 is 0. The van der Waals surface area contributed by atoms with E-state index in [1.165, 1.54) is 0 Å². The first-order chi connectivity index (χ1) is 13.2. The second-order valence-electron chi connectivity index (χ2n) is 6.22. The minimum Gasteiger partial charge on any atom is -0.485 e. The molecule has 27 heavy (non-hydrogen) atoms. The Bertz CT molecular complexity index is 997. The van der Waals surface area contributed by atoms with Gasteiger partial charge in [-0.1, -0.05) is 54.6 Å². The van der Waals surface area contributed by atoms with Gasteiger partial charge in [0, 0.05) is 0 Å². The Morgan fingerprint density at radius 3 is 2.52 bits per heavy atom. The molecule has 0 saturated heterocycles. The molecule has 3 aromatic rings. The van der Waals surface area contributed by atoms with Gasteiger partial charge in [-0.15, -0.1) is 0 Å². The normalized spacial score (nSPS) is 15.2. The number of nitrogens with one attached hydrogen (secondary N) is 2. The summed E-state index contributed by atoms with van der Waals surface area (Å²) in [7, 11) is 0. The molecule has 2 N–H and O–H groups in total. The van der Waals surface area contributed by atoms with E-state index in [0.717, 1.165) is 16.3 Å². The van der Waals surface area contributed by atoms with Crippen molar-refractivity contribution in [1.82, 2.24) is 10.9 Å². The molecule has 1 aliphatic rings. The van der Waals surface area contributed by atoms with Gasteiger partial charge < -0.3 is 9.47 Å². The molecule has 0 radical (unpaired) electrons. The number of ether oxygens (including phenoxy) is 2. The standard InChI is InChI=1S/C21H18N2O4/c24-20(12-15-8-5-7-14-6-1-2-9-16(14)15)22-23-21(25)19-13-26-17-10-3-4-11-18(17)27-19/h1-11,19H,12-13H2,(H,22,24)(H,23,25)/t19-/m0/s1. The molecule has 136 valence electrons. The summed E-state index contributed by atoms with van der Waals surface area (Å²) in [6, 6.07) is 20.8. The number of fused-ring (bicyclic) bond motifs is 2. The number of carbonyl (C=O) groups excluding carboxylic acids is 2. The lowest BCUT2D eigenvalue weighted by atomic mass is 10.0. The highest BCUT2D eigenvalue weighted by Gasteiger charge is 2.27. The van der Waals surface area contributed by atoms with Gasteiger partial charge in [-0.25, -0.2) is 0 Å². The Kier molecular flexibility index (Phi) is 4.61. The number of para-hydroxylation sites is 2. The van der Waals surface area contributed by atoms with Crippen molar-refractivity contribution in [2.75, 3.05) is 6.61 Å². The van der Waals surface area contributed by atoms with Gasteiger partial charge in [-0.2, -0.15) is 0 Å². The Morgan fingerprint density at radius 2 is 1.63 bits per heavy atom. The van der Waals surface area contributed by atoms with Crippen molar-refractivity contribution in [3.8, 4) is 11.5 Å². The fraction of sp³-hybridized carbons (Fsp3) is 0.143. The van der Waals surface area contributed by atoms with Gasteiger partial charge in [-0.05, 0) is 28.5 Å². The molecule has 0 unspecified atom stereocenters. The van der Waals surface area contributed by atoms with Crippen LogP contribution < -0.4 is 20.3 Å². The van der Waals surface area contributed by atoms with Crippen LogP contribution in [0, 0.1) is 0 Å². The molecule has 0 bridgehead atoms. The second kappa shape index (κ2) is 7.37. The van der Waals surface area contributed by atoms with E-state index < -0.39 is 12.0 Å². The lowest BCUT2D eigenvalue weighted by Gasteiger charge is -2.25. The monoisotopic (exact) mass is 362 g/mol. The molecule has 0 saturated carbocycles. The topological polar surface area (TPSA) is 76.7 Å². The highest BCUT2D eigenvalue weighted by atomic mass is 16.6. The van der Waals surface area contributed by atoms with Crippen LogP contribution in [-0.2, 0) is 16.0 Å². The molecule has 6 nitrogen and oxygen atoms in total. The maximum Gasteiger partial charge on any atom is 0.283 e. The second-order valence-corrected chi connectivity index (χ2v) is 6.22. The van der Waals surface area contributed by atoms with Gasteiger partial charge in [-0.3, -0.25) is 20.4 Å². The third kappa shape index (κ3) is 3.69. The summed E-state index contributed by atoms with van der Waals surface area (Å²) in [6.07, 6.45) is -0.662. The summed E-state index contributed by atoms with van der Waals surface area (Å²) in [5, 5.41) is 2.08. The molecular weight excluding hydrogens is 344 g/mol. The van der Waals surface area contributed by atoms with Gasteiger partial charge in [0.05, 0.1) is 6.42 Å². The SMILES string of the molecule is O=C(Cc1cccc2ccccc12)NNC(=O)[C@@H]1COc2ccccc2O1. The van der Waals surface area contributed by atoms with Gasteiger partial charge >= 0.3 is 0 Å². The zero-order chi connectivity index (χ0) is 18.6. The molecule has 6 heteroatoms. The van der Waals surface area contributed by atoms with E-state index in [2.05, 4.69) is 10.9 Å². The van der Waals surface area contributed by atoms with E-state index in [1.54, 1.807) is 18.2 Å². The van der Waals surface area contributed by atoms with Crippen LogP contribution in [0.2, 0.25) is 0 Å². The van der Waals surface area contributed by atoms with Crippen molar-refractivity contribution in [2.24, 2.45) is 0 Å². The zero-order valence-electron chi connectivity index (χ0n) is 14.5. The van der Waals surface area contributed by atoms with E-state index in [1.807, 2.05) is 48.5 Å². The van der Waals surface area contributed by atoms with Gasteiger partial charge in [0.1, 0.15) is 6.61 Å². The summed E-state index contributed by atoms with van der Waals surface area (Å²) < 4.78 is 11.1. The molecule has 1 aliphatic heterocycles. The molecule has 1 heterocycles. The first-order valence-electron chi connectivity index (χ1n) is 8.64. The van der Waals surface area contributed by atoms with E-state index >= 15 is 0 Å². The van der Waals surface area contributed by atoms with Crippen molar-refractivity contribution in [2.45, 2.75) is 12.5 Å². The van der Waals surface area contributed by atoms with Crippen LogP contribution in [0.1, 0.15) is 5.56 Å². The van der Waals surface area contributed by atoms with Crippen molar-refractivity contribution < 1.29 is 19.1 Å². The van der Waals surface area contributed by atoms with E-state index in [0.29, 0.717) is 11.5 Å². The molecule has 0 spiro atoms. The molecule has 3 aromatic carbocycles. The number of carbonyl (C=O) groups is 2. The van der Waals surface area contributed by atoms with Crippen molar-refractivity contribution >= 4 is 22.6 Å². The predicted octanol–water partition coefficient (Wildman–Crippen LogP) is 2.37. The van der Waals surface area contributed by atoms with Gasteiger partial charge in [0.2, 0.25) is 12.0 Å². The van der Waals surface area contributed by atoms with Crippen molar-refractivity contribution in [3.05, 3.63) is 72.3 Å². The quantitative estimate of drug-likeness (QED) is 0.702. The fourth-order valence-corrected chi connectivity index (χ4v) is 3.02. The number of benzene rings is 3. The van der Waals surface area contributed by atoms with Gasteiger partial charge in [0.25, 0.3) is 5.91 Å². The number of hydrogen-bond acceptors (Lipinski definition) is 4. The molecule has 4 rings (SSSR count). The third-order valence-corrected chi connectivity index (χ3v) is 4.36. The Morgan fingerprint density at radius 1 is 0.889 bits per heavy atom. The smallest absolute Gasteiger partial charge is 0.283 e. The van der Waals surface area contributed by atoms with Crippen LogP contribution in [0.3, 0.4) is 0 Å². The van der Waals surface area contributed by atoms with E-state index in [9.17, 15) is 9.59 Å². The van der Waals surface area contributed by atoms with Crippen LogP contribution in [-0.4, -0.2) is 24.5 Å². The molecular formula is C21H18N2O4. The van der Waals surface area contributed by atoms with Gasteiger partial charge in [0.15, 0.2) is 11.5 Å². The molecule has 2 amide bonds. The summed E-state index contributed by atoms with van der Waals surface area (Å²) in [4.78, 5) is 24.5. The minimum atomic E-state index is -0.822. The Labute approximate surface area is 156 Å². The van der Waals surface area contributed by atoms with Crippen LogP contribution in [0.25, 0.3) is 10.8 Å². The zero-order valence-corrected chi connectivity index (χ0v) is 14.5. The third-order valence-electron chi connectivity index (χ3n) is 4.36. The first-order valence-corrected chi connectivity index (χ1v) is 8.64. The average Bonchev–Trinajstić information content (AvgIpc) is 2.72. The van der Waals surface area contributed by atoms with Crippen LogP contribution in [0.5, 0.6) is 11.5 Å². The Balaban J connectivity index is 1.35. The minimum absolute atomic E-state index is 0.0854. The van der Waals surface area contributed by atoms with E-state index in [4.69, 9.17) is 9.47 Å². The average molecular weight is 362 g/mol. The number of hydrazine groups is 1. The maximum atomic E-state index is 12.2. The Hall–Kier alpha value is -3.54.